The van der Waals surface area contributed by atoms with Gasteiger partial charge >= 0.3 is 18.3 Å². The number of esters is 2. The van der Waals surface area contributed by atoms with Crippen molar-refractivity contribution in [2.75, 3.05) is 25.2 Å². The number of rotatable bonds is 9. The molecule has 0 bridgehead atoms. The van der Waals surface area contributed by atoms with E-state index in [-0.39, 0.29) is 23.7 Å². The van der Waals surface area contributed by atoms with Crippen molar-refractivity contribution in [2.24, 2.45) is 0 Å². The summed E-state index contributed by atoms with van der Waals surface area (Å²) in [5.74, 6) is -1.58. The first-order chi connectivity index (χ1) is 17.5. The number of alkyl halides is 3. The molecule has 37 heavy (non-hydrogen) atoms. The van der Waals surface area contributed by atoms with E-state index in [9.17, 15) is 22.8 Å². The van der Waals surface area contributed by atoms with Gasteiger partial charge in [-0.05, 0) is 71.8 Å². The second kappa shape index (κ2) is 11.8. The Labute approximate surface area is 210 Å². The maximum atomic E-state index is 12.4. The molecule has 3 aromatic carbocycles. The summed E-state index contributed by atoms with van der Waals surface area (Å²) in [5.41, 5.74) is 13.9. The Morgan fingerprint density at radius 2 is 1.59 bits per heavy atom. The van der Waals surface area contributed by atoms with Crippen LogP contribution in [0.25, 0.3) is 6.08 Å². The molecule has 0 radical (unpaired) electrons. The summed E-state index contributed by atoms with van der Waals surface area (Å²) in [6.45, 7) is 0.133. The summed E-state index contributed by atoms with van der Waals surface area (Å²) in [7, 11) is 1.36. The van der Waals surface area contributed by atoms with Crippen molar-refractivity contribution in [3.63, 3.8) is 0 Å². The summed E-state index contributed by atoms with van der Waals surface area (Å²) in [5, 5.41) is 0. The minimum Gasteiger partial charge on any atom is -0.493 e. The fraction of sp³-hybridized carbons (Fsp3) is 0.154. The molecule has 0 amide bonds. The molecule has 194 valence electrons. The maximum Gasteiger partial charge on any atom is 0.573 e. The zero-order chi connectivity index (χ0) is 27.0. The van der Waals surface area contributed by atoms with Gasteiger partial charge in [0.2, 0.25) is 0 Å². The van der Waals surface area contributed by atoms with Gasteiger partial charge in [0, 0.05) is 23.9 Å². The van der Waals surface area contributed by atoms with Crippen LogP contribution in [0.4, 0.5) is 24.5 Å². The Hall–Kier alpha value is -4.67. The number of hydrogen-bond acceptors (Lipinski definition) is 8. The van der Waals surface area contributed by atoms with Crippen LogP contribution in [0.1, 0.15) is 21.5 Å². The van der Waals surface area contributed by atoms with Crippen LogP contribution in [0, 0.1) is 0 Å². The predicted molar refractivity (Wildman–Crippen MR) is 130 cm³/mol. The normalized spacial score (nSPS) is 11.2. The van der Waals surface area contributed by atoms with Crippen LogP contribution in [0.3, 0.4) is 0 Å². The van der Waals surface area contributed by atoms with Crippen molar-refractivity contribution < 1.29 is 41.7 Å². The SMILES string of the molecule is COc1cc(/C=C/C(=O)OCCc2cc(N)cc(N)c2)ccc1OC(=O)c1ccc(OC(F)(F)F)cc1. The topological polar surface area (TPSA) is 123 Å². The number of benzene rings is 3. The molecule has 0 saturated carbocycles. The Kier molecular flexibility index (Phi) is 8.62. The van der Waals surface area contributed by atoms with Gasteiger partial charge in [-0.25, -0.2) is 9.59 Å². The molecule has 0 heterocycles. The zero-order valence-corrected chi connectivity index (χ0v) is 19.6. The Morgan fingerprint density at radius 1 is 0.919 bits per heavy atom. The third-order valence-corrected chi connectivity index (χ3v) is 4.80. The number of methoxy groups -OCH3 is 1. The van der Waals surface area contributed by atoms with E-state index in [2.05, 4.69) is 4.74 Å². The van der Waals surface area contributed by atoms with Gasteiger partial charge in [-0.15, -0.1) is 13.2 Å². The fourth-order valence-electron chi connectivity index (χ4n) is 3.20. The first-order valence-corrected chi connectivity index (χ1v) is 10.8. The number of carbonyl (C=O) groups excluding carboxylic acids is 2. The van der Waals surface area contributed by atoms with Crippen molar-refractivity contribution in [2.45, 2.75) is 12.8 Å². The van der Waals surface area contributed by atoms with E-state index in [0.29, 0.717) is 23.4 Å². The minimum absolute atomic E-state index is 0.00386. The van der Waals surface area contributed by atoms with Gasteiger partial charge in [-0.3, -0.25) is 0 Å². The third-order valence-electron chi connectivity index (χ3n) is 4.80. The first-order valence-electron chi connectivity index (χ1n) is 10.8. The van der Waals surface area contributed by atoms with E-state index in [4.69, 9.17) is 25.7 Å². The van der Waals surface area contributed by atoms with Crippen molar-refractivity contribution in [1.29, 1.82) is 0 Å². The van der Waals surface area contributed by atoms with Crippen LogP contribution in [0.5, 0.6) is 17.2 Å². The summed E-state index contributed by atoms with van der Waals surface area (Å²) in [6.07, 6.45) is -1.66. The van der Waals surface area contributed by atoms with E-state index < -0.39 is 24.1 Å². The largest absolute Gasteiger partial charge is 0.573 e. The van der Waals surface area contributed by atoms with E-state index in [1.807, 2.05) is 0 Å². The maximum absolute atomic E-state index is 12.4. The average molecular weight is 516 g/mol. The molecule has 0 aromatic heterocycles. The number of nitrogen functional groups attached to an aromatic ring is 2. The van der Waals surface area contributed by atoms with Crippen LogP contribution in [0.2, 0.25) is 0 Å². The summed E-state index contributed by atoms with van der Waals surface area (Å²) in [6, 6.07) is 14.0. The van der Waals surface area contributed by atoms with Crippen molar-refractivity contribution in [3.05, 3.63) is 83.4 Å². The van der Waals surface area contributed by atoms with Crippen molar-refractivity contribution in [3.8, 4) is 17.2 Å². The lowest BCUT2D eigenvalue weighted by Crippen LogP contribution is -2.17. The van der Waals surface area contributed by atoms with Crippen LogP contribution >= 0.6 is 0 Å². The number of anilines is 2. The van der Waals surface area contributed by atoms with Gasteiger partial charge in [0.15, 0.2) is 11.5 Å². The number of nitrogens with two attached hydrogens (primary N) is 2. The number of carbonyl (C=O) groups is 2. The van der Waals surface area contributed by atoms with Crippen LogP contribution in [-0.4, -0.2) is 32.0 Å². The summed E-state index contributed by atoms with van der Waals surface area (Å²) >= 11 is 0. The third kappa shape index (κ3) is 8.49. The van der Waals surface area contributed by atoms with Crippen LogP contribution in [-0.2, 0) is 16.0 Å². The van der Waals surface area contributed by atoms with Gasteiger partial charge in [-0.1, -0.05) is 6.07 Å². The molecular formula is C26H23F3N2O6. The van der Waals surface area contributed by atoms with E-state index in [1.165, 1.54) is 31.4 Å². The lowest BCUT2D eigenvalue weighted by atomic mass is 10.1. The predicted octanol–water partition coefficient (Wildman–Crippen LogP) is 4.78. The summed E-state index contributed by atoms with van der Waals surface area (Å²) < 4.78 is 56.3. The first kappa shape index (κ1) is 26.9. The Bertz CT molecular complexity index is 1270. The molecule has 4 N–H and O–H groups in total. The lowest BCUT2D eigenvalue weighted by molar-refractivity contribution is -0.274. The average Bonchev–Trinajstić information content (AvgIpc) is 2.82. The lowest BCUT2D eigenvalue weighted by Gasteiger charge is -2.11. The van der Waals surface area contributed by atoms with E-state index in [0.717, 1.165) is 29.8 Å². The molecule has 0 saturated heterocycles. The zero-order valence-electron chi connectivity index (χ0n) is 19.6. The van der Waals surface area contributed by atoms with Crippen LogP contribution < -0.4 is 25.7 Å². The van der Waals surface area contributed by atoms with Crippen molar-refractivity contribution >= 4 is 29.4 Å². The standard InChI is InChI=1S/C26H23F3N2O6/c1-34-23-14-16(3-9-24(32)35-11-10-17-12-19(30)15-20(31)13-17)2-8-22(23)36-25(33)18-4-6-21(7-5-18)37-26(27,28)29/h2-9,12-15H,10-11,30-31H2,1H3/b9-3+. The highest BCUT2D eigenvalue weighted by molar-refractivity contribution is 5.91. The molecule has 11 heteroatoms. The van der Waals surface area contributed by atoms with E-state index >= 15 is 0 Å². The molecule has 8 nitrogen and oxygen atoms in total. The molecule has 0 aliphatic carbocycles. The molecule has 0 aliphatic heterocycles. The minimum atomic E-state index is -4.84. The van der Waals surface area contributed by atoms with Gasteiger partial charge < -0.3 is 30.4 Å². The molecule has 0 fully saturated rings. The van der Waals surface area contributed by atoms with Gasteiger partial charge in [0.1, 0.15) is 5.75 Å². The van der Waals surface area contributed by atoms with Crippen LogP contribution in [0.15, 0.2) is 66.7 Å². The molecule has 3 rings (SSSR count). The molecule has 3 aromatic rings. The quantitative estimate of drug-likeness (QED) is 0.180. The second-order valence-electron chi connectivity index (χ2n) is 7.63. The molecule has 0 atom stereocenters. The van der Waals surface area contributed by atoms with E-state index in [1.54, 1.807) is 24.3 Å². The van der Waals surface area contributed by atoms with Gasteiger partial charge in [0.05, 0.1) is 19.3 Å². The fourth-order valence-corrected chi connectivity index (χ4v) is 3.20. The van der Waals surface area contributed by atoms with Gasteiger partial charge in [-0.2, -0.15) is 0 Å². The molecule has 0 unspecified atom stereocenters. The highest BCUT2D eigenvalue weighted by Gasteiger charge is 2.31. The molecule has 0 aliphatic rings. The Morgan fingerprint density at radius 3 is 2.22 bits per heavy atom. The van der Waals surface area contributed by atoms with Gasteiger partial charge in [0.25, 0.3) is 0 Å². The Balaban J connectivity index is 1.57. The summed E-state index contributed by atoms with van der Waals surface area (Å²) in [4.78, 5) is 24.4. The number of ether oxygens (including phenoxy) is 4. The highest BCUT2D eigenvalue weighted by Crippen LogP contribution is 2.30. The monoisotopic (exact) mass is 516 g/mol. The van der Waals surface area contributed by atoms with Crippen molar-refractivity contribution in [1.82, 2.24) is 0 Å². The smallest absolute Gasteiger partial charge is 0.493 e. The molecular weight excluding hydrogens is 493 g/mol. The highest BCUT2D eigenvalue weighted by atomic mass is 19.4. The number of hydrogen-bond donors (Lipinski definition) is 2. The second-order valence-corrected chi connectivity index (χ2v) is 7.63. The molecule has 0 spiro atoms. The number of halogens is 3.